The topological polar surface area (TPSA) is 50.4 Å². The molecule has 1 aliphatic rings. The summed E-state index contributed by atoms with van der Waals surface area (Å²) in [5.74, 6) is 0.472. The Hall–Kier alpha value is -1.26. The Balaban J connectivity index is 2.28. The van der Waals surface area contributed by atoms with Crippen molar-refractivity contribution in [3.63, 3.8) is 0 Å². The summed E-state index contributed by atoms with van der Waals surface area (Å²) in [6.07, 6.45) is 0. The summed E-state index contributed by atoms with van der Waals surface area (Å²) in [6, 6.07) is 6.73. The molecule has 5 heteroatoms. The number of carbonyl (C=O) groups is 1. The molecule has 0 bridgehead atoms. The molecule has 0 saturated carbocycles. The number of rotatable bonds is 1. The van der Waals surface area contributed by atoms with E-state index in [9.17, 15) is 4.79 Å². The van der Waals surface area contributed by atoms with Crippen molar-refractivity contribution in [1.29, 1.82) is 0 Å². The van der Waals surface area contributed by atoms with Crippen molar-refractivity contribution in [2.75, 3.05) is 11.9 Å². The number of hydrogen-bond acceptors (Lipinski definition) is 3. The maximum Gasteiger partial charge on any atom is 0.246 e. The van der Waals surface area contributed by atoms with Gasteiger partial charge in [-0.1, -0.05) is 12.1 Å². The molecular formula is C9H9ClN2O2. The summed E-state index contributed by atoms with van der Waals surface area (Å²) in [5.41, 5.74) is 0.673. The highest BCUT2D eigenvalue weighted by atomic mass is 35.5. The van der Waals surface area contributed by atoms with Gasteiger partial charge in [-0.2, -0.15) is 0 Å². The quantitative estimate of drug-likeness (QED) is 0.687. The maximum atomic E-state index is 11.5. The summed E-state index contributed by atoms with van der Waals surface area (Å²) in [6.45, 7) is 0.229. The number of carbonyl (C=O) groups excluding carboxylic acids is 1. The van der Waals surface area contributed by atoms with E-state index < -0.39 is 6.04 Å². The van der Waals surface area contributed by atoms with Gasteiger partial charge < -0.3 is 10.1 Å². The Morgan fingerprint density at radius 2 is 2.29 bits per heavy atom. The molecule has 0 unspecified atom stereocenters. The number of para-hydroxylation sites is 2. The number of fused-ring (bicyclic) bond motifs is 1. The average molecular weight is 213 g/mol. The van der Waals surface area contributed by atoms with Crippen LogP contribution in [0, 0.1) is 0 Å². The molecule has 0 fully saturated rings. The van der Waals surface area contributed by atoms with E-state index in [0.717, 1.165) is 0 Å². The number of anilines is 1. The maximum absolute atomic E-state index is 11.5. The predicted molar refractivity (Wildman–Crippen MR) is 53.3 cm³/mol. The SMILES string of the molecule is O=C1Nc2ccccc2OC[C@@H]1NCl. The predicted octanol–water partition coefficient (Wildman–Crippen LogP) is 1.13. The highest BCUT2D eigenvalue weighted by Crippen LogP contribution is 2.25. The van der Waals surface area contributed by atoms with Gasteiger partial charge in [0.1, 0.15) is 18.4 Å². The van der Waals surface area contributed by atoms with Crippen molar-refractivity contribution in [1.82, 2.24) is 4.84 Å². The van der Waals surface area contributed by atoms with Crippen LogP contribution in [0.5, 0.6) is 5.75 Å². The Morgan fingerprint density at radius 1 is 1.50 bits per heavy atom. The first kappa shape index (κ1) is 9.30. The van der Waals surface area contributed by atoms with Gasteiger partial charge in [-0.05, 0) is 23.9 Å². The second kappa shape index (κ2) is 3.86. The minimum absolute atomic E-state index is 0.190. The van der Waals surface area contributed by atoms with Gasteiger partial charge in [-0.15, -0.1) is 0 Å². The van der Waals surface area contributed by atoms with Crippen molar-refractivity contribution in [2.24, 2.45) is 0 Å². The van der Waals surface area contributed by atoms with E-state index in [4.69, 9.17) is 16.5 Å². The van der Waals surface area contributed by atoms with Crippen LogP contribution in [0.3, 0.4) is 0 Å². The molecule has 1 aliphatic heterocycles. The third-order valence-corrected chi connectivity index (χ3v) is 2.26. The van der Waals surface area contributed by atoms with Gasteiger partial charge in [-0.25, -0.2) is 4.84 Å². The fourth-order valence-corrected chi connectivity index (χ4v) is 1.41. The van der Waals surface area contributed by atoms with Gasteiger partial charge in [0, 0.05) is 0 Å². The van der Waals surface area contributed by atoms with E-state index >= 15 is 0 Å². The van der Waals surface area contributed by atoms with E-state index in [1.165, 1.54) is 0 Å². The molecule has 2 rings (SSSR count). The zero-order valence-electron chi connectivity index (χ0n) is 7.29. The average Bonchev–Trinajstić information content (AvgIpc) is 2.36. The van der Waals surface area contributed by atoms with Gasteiger partial charge in [-0.3, -0.25) is 4.79 Å². The first-order valence-electron chi connectivity index (χ1n) is 4.20. The molecule has 0 aliphatic carbocycles. The van der Waals surface area contributed by atoms with E-state index in [1.54, 1.807) is 12.1 Å². The number of halogens is 1. The minimum Gasteiger partial charge on any atom is -0.489 e. The zero-order valence-corrected chi connectivity index (χ0v) is 8.04. The zero-order chi connectivity index (χ0) is 9.97. The number of ether oxygens (including phenoxy) is 1. The third-order valence-electron chi connectivity index (χ3n) is 2.00. The second-order valence-electron chi connectivity index (χ2n) is 2.96. The second-order valence-corrected chi connectivity index (χ2v) is 3.18. The fourth-order valence-electron chi connectivity index (χ4n) is 1.25. The Kier molecular flexibility index (Phi) is 2.56. The molecule has 1 amide bonds. The third kappa shape index (κ3) is 1.66. The molecule has 0 radical (unpaired) electrons. The van der Waals surface area contributed by atoms with Crippen LogP contribution in [0.25, 0.3) is 0 Å². The van der Waals surface area contributed by atoms with Gasteiger partial charge in [0.2, 0.25) is 5.91 Å². The molecule has 0 saturated heterocycles. The summed E-state index contributed by atoms with van der Waals surface area (Å²) >= 11 is 5.40. The first-order chi connectivity index (χ1) is 6.81. The Morgan fingerprint density at radius 3 is 3.07 bits per heavy atom. The fraction of sp³-hybridized carbons (Fsp3) is 0.222. The van der Waals surface area contributed by atoms with Crippen LogP contribution in [0.2, 0.25) is 0 Å². The van der Waals surface area contributed by atoms with Gasteiger partial charge in [0.25, 0.3) is 0 Å². The molecule has 1 aromatic rings. The van der Waals surface area contributed by atoms with E-state index in [2.05, 4.69) is 10.2 Å². The van der Waals surface area contributed by atoms with Crippen LogP contribution in [0.1, 0.15) is 0 Å². The normalized spacial score (nSPS) is 20.4. The summed E-state index contributed by atoms with van der Waals surface area (Å²) < 4.78 is 5.39. The monoisotopic (exact) mass is 212 g/mol. The van der Waals surface area contributed by atoms with Crippen molar-refractivity contribution >= 4 is 23.4 Å². The van der Waals surface area contributed by atoms with Crippen molar-refractivity contribution < 1.29 is 9.53 Å². The van der Waals surface area contributed by atoms with Crippen molar-refractivity contribution in [3.8, 4) is 5.75 Å². The molecule has 1 atom stereocenters. The van der Waals surface area contributed by atoms with Gasteiger partial charge in [0.05, 0.1) is 5.69 Å². The molecule has 1 heterocycles. The molecule has 1 aromatic carbocycles. The highest BCUT2D eigenvalue weighted by Gasteiger charge is 2.23. The number of hydrogen-bond donors (Lipinski definition) is 2. The van der Waals surface area contributed by atoms with Crippen LogP contribution >= 0.6 is 11.8 Å². The largest absolute Gasteiger partial charge is 0.489 e. The number of benzene rings is 1. The molecule has 0 aromatic heterocycles. The van der Waals surface area contributed by atoms with Crippen LogP contribution in [-0.4, -0.2) is 18.6 Å². The summed E-state index contributed by atoms with van der Waals surface area (Å²) in [5, 5.41) is 2.71. The molecule has 2 N–H and O–H groups in total. The molecular weight excluding hydrogens is 204 g/mol. The lowest BCUT2D eigenvalue weighted by Gasteiger charge is -2.08. The lowest BCUT2D eigenvalue weighted by molar-refractivity contribution is -0.118. The molecule has 0 spiro atoms. The summed E-state index contributed by atoms with van der Waals surface area (Å²) in [4.78, 5) is 13.8. The first-order valence-corrected chi connectivity index (χ1v) is 4.58. The molecule has 74 valence electrons. The van der Waals surface area contributed by atoms with Crippen molar-refractivity contribution in [2.45, 2.75) is 6.04 Å². The number of amides is 1. The molecule has 14 heavy (non-hydrogen) atoms. The minimum atomic E-state index is -0.524. The number of nitrogens with one attached hydrogen (secondary N) is 2. The van der Waals surface area contributed by atoms with E-state index in [-0.39, 0.29) is 12.5 Å². The Bertz CT molecular complexity index is 356. The highest BCUT2D eigenvalue weighted by molar-refractivity contribution is 6.15. The van der Waals surface area contributed by atoms with Gasteiger partial charge >= 0.3 is 0 Å². The lowest BCUT2D eigenvalue weighted by Crippen LogP contribution is -2.38. The van der Waals surface area contributed by atoms with E-state index in [0.29, 0.717) is 11.4 Å². The lowest BCUT2D eigenvalue weighted by atomic mass is 10.3. The van der Waals surface area contributed by atoms with Crippen LogP contribution in [-0.2, 0) is 4.79 Å². The smallest absolute Gasteiger partial charge is 0.246 e. The summed E-state index contributed by atoms with van der Waals surface area (Å²) in [7, 11) is 0. The van der Waals surface area contributed by atoms with E-state index in [1.807, 2.05) is 12.1 Å². The van der Waals surface area contributed by atoms with Crippen LogP contribution in [0.15, 0.2) is 24.3 Å². The van der Waals surface area contributed by atoms with Crippen molar-refractivity contribution in [3.05, 3.63) is 24.3 Å². The molecule has 4 nitrogen and oxygen atoms in total. The Labute approximate surface area is 86.3 Å². The van der Waals surface area contributed by atoms with Crippen LogP contribution < -0.4 is 14.9 Å². The van der Waals surface area contributed by atoms with Crippen LogP contribution in [0.4, 0.5) is 5.69 Å². The van der Waals surface area contributed by atoms with Gasteiger partial charge in [0.15, 0.2) is 0 Å². The standard InChI is InChI=1S/C9H9ClN2O2/c10-12-7-5-14-8-4-2-1-3-6(8)11-9(7)13/h1-4,7,12H,5H2,(H,11,13)/t7-/m0/s1.